The van der Waals surface area contributed by atoms with E-state index in [0.717, 1.165) is 30.0 Å². The summed E-state index contributed by atoms with van der Waals surface area (Å²) in [4.78, 5) is 14.9. The lowest BCUT2D eigenvalue weighted by Crippen LogP contribution is -2.43. The van der Waals surface area contributed by atoms with E-state index in [0.29, 0.717) is 49.5 Å². The molecule has 1 amide bonds. The zero-order valence-electron chi connectivity index (χ0n) is 18.0. The van der Waals surface area contributed by atoms with E-state index in [1.54, 1.807) is 19.3 Å². The number of carbonyl (C=O) groups excluding carboxylic acids is 1. The van der Waals surface area contributed by atoms with E-state index in [-0.39, 0.29) is 11.9 Å². The quantitative estimate of drug-likeness (QED) is 0.642. The van der Waals surface area contributed by atoms with E-state index < -0.39 is 0 Å². The van der Waals surface area contributed by atoms with E-state index in [1.165, 1.54) is 6.08 Å². The van der Waals surface area contributed by atoms with Crippen molar-refractivity contribution in [3.8, 4) is 17.2 Å². The van der Waals surface area contributed by atoms with Gasteiger partial charge in [-0.25, -0.2) is 0 Å². The van der Waals surface area contributed by atoms with Gasteiger partial charge in [0.2, 0.25) is 5.91 Å². The van der Waals surface area contributed by atoms with Gasteiger partial charge in [0, 0.05) is 25.7 Å². The van der Waals surface area contributed by atoms with Crippen LogP contribution >= 0.6 is 11.6 Å². The molecule has 0 saturated carbocycles. The average molecular weight is 459 g/mol. The minimum atomic E-state index is -0.178. The number of methoxy groups -OCH3 is 1. The fourth-order valence-corrected chi connectivity index (χ4v) is 4.10. The highest BCUT2D eigenvalue weighted by Crippen LogP contribution is 2.38. The molecule has 170 valence electrons. The van der Waals surface area contributed by atoms with Crippen molar-refractivity contribution in [3.05, 3.63) is 58.6 Å². The Kier molecular flexibility index (Phi) is 7.52. The van der Waals surface area contributed by atoms with Gasteiger partial charge >= 0.3 is 0 Å². The van der Waals surface area contributed by atoms with Crippen LogP contribution in [0.4, 0.5) is 0 Å². The number of nitrogens with zero attached hydrogens (tertiary/aromatic N) is 1. The summed E-state index contributed by atoms with van der Waals surface area (Å²) in [7, 11) is 1.65. The summed E-state index contributed by atoms with van der Waals surface area (Å²) in [5.41, 5.74) is 1.89. The Hall–Kier alpha value is -2.74. The molecule has 1 unspecified atom stereocenters. The maximum absolute atomic E-state index is 12.6. The second kappa shape index (κ2) is 10.7. The van der Waals surface area contributed by atoms with Crippen LogP contribution in [0.15, 0.2) is 42.5 Å². The highest BCUT2D eigenvalue weighted by atomic mass is 35.5. The number of benzene rings is 2. The van der Waals surface area contributed by atoms with Gasteiger partial charge in [0.25, 0.3) is 0 Å². The summed E-state index contributed by atoms with van der Waals surface area (Å²) < 4.78 is 21.9. The molecule has 2 aliphatic rings. The van der Waals surface area contributed by atoms with Crippen molar-refractivity contribution in [2.24, 2.45) is 0 Å². The number of hydrogen-bond donors (Lipinski definition) is 1. The smallest absolute Gasteiger partial charge is 0.244 e. The molecule has 7 nitrogen and oxygen atoms in total. The van der Waals surface area contributed by atoms with Gasteiger partial charge in [-0.3, -0.25) is 9.69 Å². The molecular formula is C24H27ClN2O5. The van der Waals surface area contributed by atoms with Crippen LogP contribution < -0.4 is 19.5 Å². The molecule has 2 aromatic carbocycles. The fourth-order valence-electron chi connectivity index (χ4n) is 3.83. The lowest BCUT2D eigenvalue weighted by Gasteiger charge is -2.34. The number of halogens is 1. The summed E-state index contributed by atoms with van der Waals surface area (Å²) in [5, 5.41) is 3.49. The van der Waals surface area contributed by atoms with Crippen molar-refractivity contribution >= 4 is 23.6 Å². The molecule has 2 aromatic rings. The Labute approximate surface area is 192 Å². The Balaban J connectivity index is 1.42. The minimum Gasteiger partial charge on any atom is -0.497 e. The molecule has 4 rings (SSSR count). The third-order valence-electron chi connectivity index (χ3n) is 5.50. The highest BCUT2D eigenvalue weighted by Gasteiger charge is 2.23. The molecule has 0 spiro atoms. The predicted molar refractivity (Wildman–Crippen MR) is 123 cm³/mol. The zero-order valence-corrected chi connectivity index (χ0v) is 18.8. The second-order valence-corrected chi connectivity index (χ2v) is 7.95. The highest BCUT2D eigenvalue weighted by molar-refractivity contribution is 6.32. The number of ether oxygens (including phenoxy) is 4. The van der Waals surface area contributed by atoms with Crippen molar-refractivity contribution in [2.75, 3.05) is 53.2 Å². The Morgan fingerprint density at radius 3 is 2.66 bits per heavy atom. The Morgan fingerprint density at radius 2 is 1.91 bits per heavy atom. The average Bonchev–Trinajstić information content (AvgIpc) is 2.84. The first-order valence-corrected chi connectivity index (χ1v) is 11.0. The molecule has 1 atom stereocenters. The molecule has 32 heavy (non-hydrogen) atoms. The second-order valence-electron chi connectivity index (χ2n) is 7.54. The van der Waals surface area contributed by atoms with Crippen molar-refractivity contribution in [3.63, 3.8) is 0 Å². The van der Waals surface area contributed by atoms with Crippen molar-refractivity contribution in [2.45, 2.75) is 6.04 Å². The van der Waals surface area contributed by atoms with E-state index in [4.69, 9.17) is 30.5 Å². The first-order chi connectivity index (χ1) is 15.6. The van der Waals surface area contributed by atoms with Crippen LogP contribution in [0.2, 0.25) is 5.02 Å². The molecule has 0 bridgehead atoms. The summed E-state index contributed by atoms with van der Waals surface area (Å²) in [6.45, 7) is 4.44. The molecule has 0 aliphatic carbocycles. The minimum absolute atomic E-state index is 0.0471. The van der Waals surface area contributed by atoms with Gasteiger partial charge in [-0.1, -0.05) is 23.7 Å². The number of hydrogen-bond acceptors (Lipinski definition) is 6. The Morgan fingerprint density at radius 1 is 1.16 bits per heavy atom. The number of amides is 1. The third kappa shape index (κ3) is 5.54. The standard InChI is InChI=1S/C24H27ClN2O5/c1-29-19-5-3-18(4-6-19)21(27-8-10-30-11-9-27)16-26-23(28)7-2-17-14-20(25)24-22(15-17)31-12-13-32-24/h2-7,14-15,21H,8-13,16H2,1H3,(H,26,28)/b7-2+. The maximum Gasteiger partial charge on any atom is 0.244 e. The summed E-state index contributed by atoms with van der Waals surface area (Å²) >= 11 is 6.28. The first-order valence-electron chi connectivity index (χ1n) is 10.6. The van der Waals surface area contributed by atoms with Gasteiger partial charge in [-0.15, -0.1) is 0 Å². The van der Waals surface area contributed by atoms with Gasteiger partial charge < -0.3 is 24.3 Å². The zero-order chi connectivity index (χ0) is 22.3. The van der Waals surface area contributed by atoms with Crippen LogP contribution in [0.5, 0.6) is 17.2 Å². The molecular weight excluding hydrogens is 432 g/mol. The van der Waals surface area contributed by atoms with Gasteiger partial charge in [-0.05, 0) is 41.5 Å². The monoisotopic (exact) mass is 458 g/mol. The van der Waals surface area contributed by atoms with Gasteiger partial charge in [0.05, 0.1) is 31.4 Å². The van der Waals surface area contributed by atoms with Gasteiger partial charge in [0.1, 0.15) is 19.0 Å². The predicted octanol–water partition coefficient (Wildman–Crippen LogP) is 3.32. The van der Waals surface area contributed by atoms with Crippen LogP contribution in [-0.2, 0) is 9.53 Å². The molecule has 1 N–H and O–H groups in total. The van der Waals surface area contributed by atoms with Crippen molar-refractivity contribution in [1.29, 1.82) is 0 Å². The van der Waals surface area contributed by atoms with Crippen molar-refractivity contribution in [1.82, 2.24) is 10.2 Å². The number of morpholine rings is 1. The van der Waals surface area contributed by atoms with Gasteiger partial charge in [0.15, 0.2) is 11.5 Å². The first kappa shape index (κ1) is 22.5. The Bertz CT molecular complexity index is 958. The topological polar surface area (TPSA) is 69.3 Å². The summed E-state index contributed by atoms with van der Waals surface area (Å²) in [6, 6.07) is 11.6. The summed E-state index contributed by atoms with van der Waals surface area (Å²) in [5.74, 6) is 1.77. The molecule has 0 radical (unpaired) electrons. The van der Waals surface area contributed by atoms with E-state index in [2.05, 4.69) is 10.2 Å². The van der Waals surface area contributed by atoms with Crippen LogP contribution in [-0.4, -0.2) is 64.0 Å². The molecule has 1 fully saturated rings. The molecule has 2 heterocycles. The number of rotatable bonds is 7. The molecule has 2 aliphatic heterocycles. The molecule has 0 aromatic heterocycles. The molecule has 1 saturated heterocycles. The number of fused-ring (bicyclic) bond motifs is 1. The molecule has 8 heteroatoms. The van der Waals surface area contributed by atoms with E-state index in [9.17, 15) is 4.79 Å². The van der Waals surface area contributed by atoms with Crippen LogP contribution in [0, 0.1) is 0 Å². The third-order valence-corrected chi connectivity index (χ3v) is 5.78. The van der Waals surface area contributed by atoms with E-state index >= 15 is 0 Å². The normalized spacial score (nSPS) is 17.2. The fraction of sp³-hybridized carbons (Fsp3) is 0.375. The lowest BCUT2D eigenvalue weighted by atomic mass is 10.0. The van der Waals surface area contributed by atoms with Crippen LogP contribution in [0.1, 0.15) is 17.2 Å². The SMILES string of the molecule is COc1ccc(C(CNC(=O)/C=C/c2cc(Cl)c3c(c2)OCCO3)N2CCOCC2)cc1. The number of nitrogens with one attached hydrogen (secondary N) is 1. The van der Waals surface area contributed by atoms with Gasteiger partial charge in [-0.2, -0.15) is 0 Å². The number of carbonyl (C=O) groups is 1. The maximum atomic E-state index is 12.6. The summed E-state index contributed by atoms with van der Waals surface area (Å²) in [6.07, 6.45) is 3.22. The van der Waals surface area contributed by atoms with Crippen LogP contribution in [0.3, 0.4) is 0 Å². The van der Waals surface area contributed by atoms with E-state index in [1.807, 2.05) is 30.3 Å². The lowest BCUT2D eigenvalue weighted by molar-refractivity contribution is -0.116. The van der Waals surface area contributed by atoms with Crippen LogP contribution in [0.25, 0.3) is 6.08 Å². The largest absolute Gasteiger partial charge is 0.497 e. The van der Waals surface area contributed by atoms with Crippen molar-refractivity contribution < 1.29 is 23.7 Å².